The van der Waals surface area contributed by atoms with Crippen LogP contribution in [-0.2, 0) is 6.54 Å². The van der Waals surface area contributed by atoms with Gasteiger partial charge in [-0.25, -0.2) is 9.97 Å². The molecule has 0 N–H and O–H groups in total. The van der Waals surface area contributed by atoms with E-state index in [9.17, 15) is 0 Å². The zero-order chi connectivity index (χ0) is 15.6. The first-order valence-electron chi connectivity index (χ1n) is 7.46. The van der Waals surface area contributed by atoms with E-state index in [4.69, 9.17) is 5.26 Å². The number of aromatic nitrogens is 2. The predicted octanol–water partition coefficient (Wildman–Crippen LogP) is 2.95. The van der Waals surface area contributed by atoms with Gasteiger partial charge in [-0.3, -0.25) is 4.90 Å². The smallest absolute Gasteiger partial charge is 0.140 e. The molecule has 4 heterocycles. The summed E-state index contributed by atoms with van der Waals surface area (Å²) in [4.78, 5) is 15.9. The Hall–Kier alpha value is -2.01. The van der Waals surface area contributed by atoms with Gasteiger partial charge in [0.25, 0.3) is 0 Å². The van der Waals surface area contributed by atoms with Crippen molar-refractivity contribution < 1.29 is 0 Å². The van der Waals surface area contributed by atoms with Gasteiger partial charge in [-0.05, 0) is 17.5 Å². The van der Waals surface area contributed by atoms with Crippen LogP contribution in [0.2, 0.25) is 0 Å². The molecule has 0 atom stereocenters. The van der Waals surface area contributed by atoms with Gasteiger partial charge >= 0.3 is 0 Å². The Morgan fingerprint density at radius 3 is 2.83 bits per heavy atom. The number of hydrogen-bond acceptors (Lipinski definition) is 7. The highest BCUT2D eigenvalue weighted by molar-refractivity contribution is 7.16. The molecule has 3 aromatic rings. The van der Waals surface area contributed by atoms with E-state index in [0.717, 1.165) is 54.3 Å². The second-order valence-electron chi connectivity index (χ2n) is 5.51. The van der Waals surface area contributed by atoms with Crippen molar-refractivity contribution in [2.24, 2.45) is 0 Å². The Kier molecular flexibility index (Phi) is 3.95. The maximum atomic E-state index is 8.91. The number of nitriles is 1. The topological polar surface area (TPSA) is 56.1 Å². The summed E-state index contributed by atoms with van der Waals surface area (Å²) in [5, 5.41) is 14.1. The lowest BCUT2D eigenvalue weighted by Crippen LogP contribution is -2.46. The molecule has 0 aromatic carbocycles. The molecular weight excluding hydrogens is 326 g/mol. The average molecular weight is 341 g/mol. The molecule has 0 aliphatic carbocycles. The Balaban J connectivity index is 1.43. The van der Waals surface area contributed by atoms with Gasteiger partial charge in [0.15, 0.2) is 0 Å². The van der Waals surface area contributed by atoms with Crippen LogP contribution >= 0.6 is 22.7 Å². The van der Waals surface area contributed by atoms with Crippen LogP contribution in [0.3, 0.4) is 0 Å². The number of anilines is 1. The van der Waals surface area contributed by atoms with Gasteiger partial charge in [0, 0.05) is 43.0 Å². The summed E-state index contributed by atoms with van der Waals surface area (Å²) >= 11 is 3.33. The lowest BCUT2D eigenvalue weighted by atomic mass is 10.2. The zero-order valence-electron chi connectivity index (χ0n) is 12.5. The van der Waals surface area contributed by atoms with E-state index >= 15 is 0 Å². The lowest BCUT2D eigenvalue weighted by molar-refractivity contribution is 0.251. The molecule has 5 nitrogen and oxygen atoms in total. The van der Waals surface area contributed by atoms with Crippen molar-refractivity contribution in [1.29, 1.82) is 5.26 Å². The summed E-state index contributed by atoms with van der Waals surface area (Å²) in [6.45, 7) is 4.89. The molecule has 0 unspecified atom stereocenters. The van der Waals surface area contributed by atoms with E-state index in [0.29, 0.717) is 0 Å². The van der Waals surface area contributed by atoms with Crippen LogP contribution < -0.4 is 4.90 Å². The highest BCUT2D eigenvalue weighted by atomic mass is 32.1. The molecule has 7 heteroatoms. The largest absolute Gasteiger partial charge is 0.353 e. The van der Waals surface area contributed by atoms with Crippen LogP contribution in [0.1, 0.15) is 10.4 Å². The van der Waals surface area contributed by atoms with Gasteiger partial charge in [0.05, 0.1) is 10.9 Å². The molecule has 1 saturated heterocycles. The highest BCUT2D eigenvalue weighted by Gasteiger charge is 2.20. The number of piperazine rings is 1. The minimum absolute atomic E-state index is 0.768. The van der Waals surface area contributed by atoms with Crippen LogP contribution in [0, 0.1) is 11.3 Å². The number of rotatable bonds is 3. The van der Waals surface area contributed by atoms with E-state index in [-0.39, 0.29) is 0 Å². The van der Waals surface area contributed by atoms with Crippen LogP contribution in [0.5, 0.6) is 0 Å². The van der Waals surface area contributed by atoms with Crippen molar-refractivity contribution in [3.63, 3.8) is 0 Å². The number of hydrogen-bond donors (Lipinski definition) is 0. The molecule has 116 valence electrons. The van der Waals surface area contributed by atoms with E-state index in [1.165, 1.54) is 4.88 Å². The summed E-state index contributed by atoms with van der Waals surface area (Å²) in [5.74, 6) is 1.05. The van der Waals surface area contributed by atoms with E-state index < -0.39 is 0 Å². The first-order valence-corrected chi connectivity index (χ1v) is 9.22. The molecule has 0 amide bonds. The van der Waals surface area contributed by atoms with Crippen molar-refractivity contribution in [2.45, 2.75) is 6.54 Å². The summed E-state index contributed by atoms with van der Waals surface area (Å²) in [7, 11) is 0. The number of thiophene rings is 2. The summed E-state index contributed by atoms with van der Waals surface area (Å²) in [5.41, 5.74) is 0.768. The molecule has 0 bridgehead atoms. The second kappa shape index (κ2) is 6.24. The number of nitrogens with zero attached hydrogens (tertiary/aromatic N) is 5. The maximum Gasteiger partial charge on any atom is 0.140 e. The highest BCUT2D eigenvalue weighted by Crippen LogP contribution is 2.27. The lowest BCUT2D eigenvalue weighted by Gasteiger charge is -2.35. The molecule has 1 fully saturated rings. The fourth-order valence-corrected chi connectivity index (χ4v) is 4.47. The van der Waals surface area contributed by atoms with Crippen molar-refractivity contribution >= 4 is 38.7 Å². The Bertz CT molecular complexity index is 855. The molecular formula is C16H15N5S2. The molecule has 1 aliphatic rings. The second-order valence-corrected chi connectivity index (χ2v) is 7.40. The van der Waals surface area contributed by atoms with Crippen LogP contribution in [0.15, 0.2) is 29.2 Å². The van der Waals surface area contributed by atoms with Crippen molar-refractivity contribution in [2.75, 3.05) is 31.1 Å². The van der Waals surface area contributed by atoms with Crippen molar-refractivity contribution in [3.8, 4) is 6.07 Å². The minimum Gasteiger partial charge on any atom is -0.353 e. The zero-order valence-corrected chi connectivity index (χ0v) is 14.1. The van der Waals surface area contributed by atoms with Gasteiger partial charge in [-0.15, -0.1) is 22.7 Å². The molecule has 1 aliphatic heterocycles. The molecule has 0 radical (unpaired) electrons. The van der Waals surface area contributed by atoms with Crippen LogP contribution in [-0.4, -0.2) is 41.0 Å². The third-order valence-corrected chi connectivity index (χ3v) is 5.82. The average Bonchev–Trinajstić information content (AvgIpc) is 3.24. The quantitative estimate of drug-likeness (QED) is 0.733. The Morgan fingerprint density at radius 1 is 1.17 bits per heavy atom. The van der Waals surface area contributed by atoms with E-state index in [1.807, 2.05) is 11.4 Å². The molecule has 3 aromatic heterocycles. The van der Waals surface area contributed by atoms with E-state index in [1.54, 1.807) is 29.0 Å². The molecule has 23 heavy (non-hydrogen) atoms. The summed E-state index contributed by atoms with van der Waals surface area (Å²) in [6.07, 6.45) is 1.66. The van der Waals surface area contributed by atoms with Crippen molar-refractivity contribution in [3.05, 3.63) is 39.7 Å². The normalized spacial score (nSPS) is 15.9. The van der Waals surface area contributed by atoms with E-state index in [2.05, 4.69) is 37.3 Å². The van der Waals surface area contributed by atoms with Gasteiger partial charge in [0.2, 0.25) is 0 Å². The summed E-state index contributed by atoms with van der Waals surface area (Å²) < 4.78 is 0. The predicted molar refractivity (Wildman–Crippen MR) is 93.9 cm³/mol. The first-order chi connectivity index (χ1) is 11.3. The first kappa shape index (κ1) is 14.6. The Labute approximate surface area is 142 Å². The maximum absolute atomic E-state index is 8.91. The van der Waals surface area contributed by atoms with Crippen LogP contribution in [0.25, 0.3) is 10.2 Å². The summed E-state index contributed by atoms with van der Waals surface area (Å²) in [6, 6.07) is 6.30. The fourth-order valence-electron chi connectivity index (χ4n) is 2.89. The molecule has 0 spiro atoms. The SMILES string of the molecule is N#Cc1csc(CN2CCN(c3ncnc4sccc34)CC2)c1. The van der Waals surface area contributed by atoms with Crippen LogP contribution in [0.4, 0.5) is 5.82 Å². The molecule has 4 rings (SSSR count). The third-order valence-electron chi connectivity index (χ3n) is 4.07. The fraction of sp³-hybridized carbons (Fsp3) is 0.312. The van der Waals surface area contributed by atoms with Gasteiger partial charge in [-0.1, -0.05) is 0 Å². The van der Waals surface area contributed by atoms with Gasteiger partial charge in [-0.2, -0.15) is 5.26 Å². The number of fused-ring (bicyclic) bond motifs is 1. The Morgan fingerprint density at radius 2 is 2.04 bits per heavy atom. The van der Waals surface area contributed by atoms with Gasteiger partial charge in [0.1, 0.15) is 23.0 Å². The monoisotopic (exact) mass is 341 g/mol. The third kappa shape index (κ3) is 2.93. The minimum atomic E-state index is 0.768. The van der Waals surface area contributed by atoms with Crippen molar-refractivity contribution in [1.82, 2.24) is 14.9 Å². The molecule has 0 saturated carbocycles. The van der Waals surface area contributed by atoms with Gasteiger partial charge < -0.3 is 4.90 Å². The standard InChI is InChI=1S/C16H15N5S2/c17-8-12-7-13(23-10-12)9-20-2-4-21(5-3-20)15-14-1-6-22-16(14)19-11-18-15/h1,6-7,10-11H,2-5,9H2.